The Morgan fingerprint density at radius 1 is 0.844 bits per heavy atom. The first-order valence-corrected chi connectivity index (χ1v) is 10.9. The molecule has 0 spiro atoms. The van der Waals surface area contributed by atoms with Crippen LogP contribution >= 0.6 is 23.2 Å². The van der Waals surface area contributed by atoms with Gasteiger partial charge in [-0.2, -0.15) is 0 Å². The van der Waals surface area contributed by atoms with Gasteiger partial charge in [0, 0.05) is 33.8 Å². The highest BCUT2D eigenvalue weighted by atomic mass is 35.5. The van der Waals surface area contributed by atoms with Crippen molar-refractivity contribution in [2.45, 2.75) is 26.2 Å². The molecule has 1 atom stereocenters. The Bertz CT molecular complexity index is 1050. The Balaban J connectivity index is 1.94. The van der Waals surface area contributed by atoms with Crippen molar-refractivity contribution in [2.24, 2.45) is 0 Å². The highest BCUT2D eigenvalue weighted by molar-refractivity contribution is 6.31. The van der Waals surface area contributed by atoms with Crippen LogP contribution in [0.25, 0.3) is 0 Å². The first kappa shape index (κ1) is 23.9. The van der Waals surface area contributed by atoms with Crippen LogP contribution in [-0.4, -0.2) is 19.7 Å². The van der Waals surface area contributed by atoms with Gasteiger partial charge in [0.25, 0.3) is 0 Å². The van der Waals surface area contributed by atoms with Crippen molar-refractivity contribution >= 4 is 29.2 Å². The Morgan fingerprint density at radius 2 is 1.44 bits per heavy atom. The molecule has 0 N–H and O–H groups in total. The van der Waals surface area contributed by atoms with Crippen molar-refractivity contribution in [1.29, 1.82) is 0 Å². The molecule has 3 rings (SSSR count). The van der Waals surface area contributed by atoms with Crippen LogP contribution in [0.4, 0.5) is 0 Å². The van der Waals surface area contributed by atoms with Crippen molar-refractivity contribution in [1.82, 2.24) is 0 Å². The average molecular weight is 475 g/mol. The van der Waals surface area contributed by atoms with Gasteiger partial charge in [0.1, 0.15) is 13.2 Å². The average Bonchev–Trinajstić information content (AvgIpc) is 2.79. The largest absolute Gasteiger partial charge is 0.485 e. The summed E-state index contributed by atoms with van der Waals surface area (Å²) in [5, 5.41) is 1.18. The molecule has 7 heteroatoms. The molecule has 0 aromatic heterocycles. The van der Waals surface area contributed by atoms with E-state index in [1.807, 2.05) is 36.4 Å². The zero-order chi connectivity index (χ0) is 22.9. The molecule has 1 unspecified atom stereocenters. The van der Waals surface area contributed by atoms with Gasteiger partial charge in [-0.15, -0.1) is 0 Å². The van der Waals surface area contributed by atoms with Gasteiger partial charge in [-0.25, -0.2) is 4.79 Å². The fourth-order valence-corrected chi connectivity index (χ4v) is 3.49. The van der Waals surface area contributed by atoms with Crippen molar-refractivity contribution in [3.05, 3.63) is 93.5 Å². The van der Waals surface area contributed by atoms with E-state index < -0.39 is 12.1 Å². The molecule has 0 saturated heterocycles. The van der Waals surface area contributed by atoms with Crippen LogP contribution in [0, 0.1) is 0 Å². The van der Waals surface area contributed by atoms with Crippen LogP contribution < -0.4 is 9.47 Å². The molecular formula is C25H24Cl2O5. The van der Waals surface area contributed by atoms with E-state index in [0.717, 1.165) is 11.1 Å². The van der Waals surface area contributed by atoms with Crippen LogP contribution in [0.3, 0.4) is 0 Å². The maximum atomic E-state index is 12.5. The number of para-hydroxylation sites is 1. The number of carbonyl (C=O) groups excluding carboxylic acids is 1. The minimum absolute atomic E-state index is 0.179. The lowest BCUT2D eigenvalue weighted by Crippen LogP contribution is -2.19. The third-order valence-corrected chi connectivity index (χ3v) is 5.44. The fourth-order valence-electron chi connectivity index (χ4n) is 3.11. The number of hydrogen-bond donors (Lipinski definition) is 0. The number of methoxy groups -OCH3 is 1. The van der Waals surface area contributed by atoms with Gasteiger partial charge in [-0.05, 0) is 25.1 Å². The molecule has 0 amide bonds. The molecule has 0 heterocycles. The summed E-state index contributed by atoms with van der Waals surface area (Å²) in [6, 6.07) is 20.1. The van der Waals surface area contributed by atoms with Gasteiger partial charge in [0.15, 0.2) is 17.6 Å². The van der Waals surface area contributed by atoms with Crippen molar-refractivity contribution in [3.8, 4) is 11.5 Å². The van der Waals surface area contributed by atoms with Gasteiger partial charge in [0.2, 0.25) is 0 Å². The predicted octanol–water partition coefficient (Wildman–Crippen LogP) is 6.40. The van der Waals surface area contributed by atoms with E-state index in [2.05, 4.69) is 0 Å². The van der Waals surface area contributed by atoms with Gasteiger partial charge in [-0.3, -0.25) is 0 Å². The molecule has 0 aliphatic heterocycles. The molecule has 0 aliphatic carbocycles. The van der Waals surface area contributed by atoms with E-state index in [9.17, 15) is 4.79 Å². The second-order valence-electron chi connectivity index (χ2n) is 6.80. The minimum atomic E-state index is -0.972. The number of halogens is 2. The summed E-state index contributed by atoms with van der Waals surface area (Å²) in [5.74, 6) is 0.307. The van der Waals surface area contributed by atoms with Crippen molar-refractivity contribution in [3.63, 3.8) is 0 Å². The first-order chi connectivity index (χ1) is 15.5. The summed E-state index contributed by atoms with van der Waals surface area (Å²) >= 11 is 12.5. The molecule has 168 valence electrons. The second-order valence-corrected chi connectivity index (χ2v) is 7.62. The van der Waals surface area contributed by atoms with Crippen LogP contribution in [0.1, 0.15) is 29.7 Å². The maximum Gasteiger partial charge on any atom is 0.340 e. The van der Waals surface area contributed by atoms with E-state index in [-0.39, 0.29) is 19.8 Å². The van der Waals surface area contributed by atoms with Gasteiger partial charge in [0.05, 0.1) is 6.61 Å². The zero-order valence-electron chi connectivity index (χ0n) is 17.8. The number of esters is 1. The maximum absolute atomic E-state index is 12.5. The molecule has 5 nitrogen and oxygen atoms in total. The molecule has 0 aliphatic rings. The Labute approximate surface area is 197 Å². The quantitative estimate of drug-likeness (QED) is 0.318. The standard InChI is InChI=1S/C25H24Cl2O5/c1-3-30-25(28)24(29-2)19-11-8-14-22(31-15-17-9-4-6-12-20(17)26)23(19)32-16-18-10-5-7-13-21(18)27/h4-14,24H,3,15-16H2,1-2H3. The molecule has 32 heavy (non-hydrogen) atoms. The van der Waals surface area contributed by atoms with E-state index in [1.165, 1.54) is 7.11 Å². The highest BCUT2D eigenvalue weighted by Gasteiger charge is 2.27. The smallest absolute Gasteiger partial charge is 0.340 e. The third-order valence-electron chi connectivity index (χ3n) is 4.70. The lowest BCUT2D eigenvalue weighted by atomic mass is 10.1. The summed E-state index contributed by atoms with van der Waals surface area (Å²) in [6.45, 7) is 2.38. The van der Waals surface area contributed by atoms with E-state index in [0.29, 0.717) is 27.1 Å². The van der Waals surface area contributed by atoms with Crippen LogP contribution in [0.15, 0.2) is 66.7 Å². The summed E-state index contributed by atoms with van der Waals surface area (Å²) in [4.78, 5) is 12.5. The summed E-state index contributed by atoms with van der Waals surface area (Å²) in [7, 11) is 1.44. The lowest BCUT2D eigenvalue weighted by Gasteiger charge is -2.21. The zero-order valence-corrected chi connectivity index (χ0v) is 19.4. The molecule has 0 bridgehead atoms. The molecular weight excluding hydrogens is 451 g/mol. The van der Waals surface area contributed by atoms with E-state index in [4.69, 9.17) is 42.1 Å². The summed E-state index contributed by atoms with van der Waals surface area (Å²) in [6.07, 6.45) is -0.972. The fraction of sp³-hybridized carbons (Fsp3) is 0.240. The molecule has 0 radical (unpaired) electrons. The monoisotopic (exact) mass is 474 g/mol. The van der Waals surface area contributed by atoms with Crippen molar-refractivity contribution < 1.29 is 23.7 Å². The number of rotatable bonds is 10. The number of carbonyl (C=O) groups is 1. The SMILES string of the molecule is CCOC(=O)C(OC)c1cccc(OCc2ccccc2Cl)c1OCc1ccccc1Cl. The van der Waals surface area contributed by atoms with Crippen LogP contribution in [-0.2, 0) is 27.5 Å². The first-order valence-electron chi connectivity index (χ1n) is 10.1. The van der Waals surface area contributed by atoms with Gasteiger partial charge >= 0.3 is 5.97 Å². The van der Waals surface area contributed by atoms with Crippen LogP contribution in [0.5, 0.6) is 11.5 Å². The van der Waals surface area contributed by atoms with Crippen LogP contribution in [0.2, 0.25) is 10.0 Å². The number of ether oxygens (including phenoxy) is 4. The second kappa shape index (κ2) is 11.8. The highest BCUT2D eigenvalue weighted by Crippen LogP contribution is 2.38. The summed E-state index contributed by atoms with van der Waals surface area (Å²) < 4.78 is 22.8. The molecule has 0 fully saturated rings. The Hall–Kier alpha value is -2.73. The number of hydrogen-bond acceptors (Lipinski definition) is 5. The minimum Gasteiger partial charge on any atom is -0.485 e. The lowest BCUT2D eigenvalue weighted by molar-refractivity contribution is -0.155. The predicted molar refractivity (Wildman–Crippen MR) is 124 cm³/mol. The summed E-state index contributed by atoms with van der Waals surface area (Å²) in [5.41, 5.74) is 2.12. The molecule has 3 aromatic rings. The van der Waals surface area contributed by atoms with E-state index in [1.54, 1.807) is 37.3 Å². The van der Waals surface area contributed by atoms with Crippen molar-refractivity contribution in [2.75, 3.05) is 13.7 Å². The molecule has 3 aromatic carbocycles. The number of benzene rings is 3. The van der Waals surface area contributed by atoms with E-state index >= 15 is 0 Å². The Kier molecular flexibility index (Phi) is 8.80. The van der Waals surface area contributed by atoms with Gasteiger partial charge in [-0.1, -0.05) is 71.7 Å². The third kappa shape index (κ3) is 5.94. The molecule has 0 saturated carbocycles. The van der Waals surface area contributed by atoms with Gasteiger partial charge < -0.3 is 18.9 Å². The topological polar surface area (TPSA) is 54.0 Å². The normalized spacial score (nSPS) is 11.6. The Morgan fingerprint density at radius 3 is 2.00 bits per heavy atom.